The number of esters is 1. The number of aliphatic hydroxyl groups is 5. The highest BCUT2D eigenvalue weighted by Gasteiger charge is 2.47. The molecule has 8 atom stereocenters. The lowest BCUT2D eigenvalue weighted by molar-refractivity contribution is -0.305. The van der Waals surface area contributed by atoms with E-state index in [4.69, 9.17) is 14.2 Å². The summed E-state index contributed by atoms with van der Waals surface area (Å²) in [6.07, 6.45) is 52.1. The van der Waals surface area contributed by atoms with E-state index < -0.39 is 67.4 Å². The van der Waals surface area contributed by atoms with E-state index in [9.17, 15) is 35.1 Å². The maximum atomic E-state index is 13.4. The second kappa shape index (κ2) is 53.8. The molecule has 8 unspecified atom stereocenters. The highest BCUT2D eigenvalue weighted by molar-refractivity contribution is 5.80. The maximum Gasteiger partial charge on any atom is 0.306 e. The third kappa shape index (κ3) is 41.2. The van der Waals surface area contributed by atoms with Gasteiger partial charge in [0.2, 0.25) is 5.91 Å². The normalized spacial score (nSPS) is 19.2. The fourth-order valence-corrected chi connectivity index (χ4v) is 10.4. The van der Waals surface area contributed by atoms with Gasteiger partial charge < -0.3 is 45.1 Å². The first-order valence-corrected chi connectivity index (χ1v) is 32.6. The van der Waals surface area contributed by atoms with Gasteiger partial charge >= 0.3 is 5.97 Å². The minimum atomic E-state index is -1.61. The van der Waals surface area contributed by atoms with Crippen molar-refractivity contribution >= 4 is 11.9 Å². The smallest absolute Gasteiger partial charge is 0.306 e. The van der Waals surface area contributed by atoms with Gasteiger partial charge in [-0.25, -0.2) is 0 Å². The fourth-order valence-electron chi connectivity index (χ4n) is 10.4. The number of unbranched alkanes of at least 4 members (excludes halogenated alkanes) is 40. The van der Waals surface area contributed by atoms with Gasteiger partial charge in [0, 0.05) is 6.42 Å². The predicted molar refractivity (Wildman–Crippen MR) is 315 cm³/mol. The molecule has 0 aromatic rings. The second-order valence-corrected chi connectivity index (χ2v) is 22.9. The monoisotopic (exact) mass is 1080 g/mol. The lowest BCUT2D eigenvalue weighted by Gasteiger charge is -2.41. The number of nitrogens with one attached hydrogen (secondary N) is 1. The number of amides is 1. The molecule has 1 aliphatic heterocycles. The van der Waals surface area contributed by atoms with Gasteiger partial charge in [-0.15, -0.1) is 0 Å². The number of carbonyl (C=O) groups is 2. The van der Waals surface area contributed by atoms with Crippen molar-refractivity contribution in [3.05, 3.63) is 24.3 Å². The molecule has 448 valence electrons. The van der Waals surface area contributed by atoms with Gasteiger partial charge in [-0.05, 0) is 51.4 Å². The third-order valence-corrected chi connectivity index (χ3v) is 15.6. The molecular weight excluding hydrogens is 955 g/mol. The van der Waals surface area contributed by atoms with Gasteiger partial charge in [0.15, 0.2) is 12.4 Å². The molecule has 0 radical (unpaired) electrons. The molecular formula is C65H123NO10. The number of ether oxygens (including phenoxy) is 3. The second-order valence-electron chi connectivity index (χ2n) is 22.9. The number of aliphatic hydroxyl groups excluding tert-OH is 5. The van der Waals surface area contributed by atoms with Crippen LogP contribution >= 0.6 is 0 Å². The Morgan fingerprint density at radius 1 is 0.500 bits per heavy atom. The summed E-state index contributed by atoms with van der Waals surface area (Å²) in [4.78, 5) is 26.6. The van der Waals surface area contributed by atoms with Crippen LogP contribution in [0, 0.1) is 0 Å². The van der Waals surface area contributed by atoms with Gasteiger partial charge in [-0.1, -0.05) is 283 Å². The first-order valence-electron chi connectivity index (χ1n) is 32.6. The molecule has 1 aliphatic rings. The molecule has 1 fully saturated rings. The minimum Gasteiger partial charge on any atom is -0.454 e. The Labute approximate surface area is 467 Å². The van der Waals surface area contributed by atoms with Gasteiger partial charge in [0.1, 0.15) is 24.4 Å². The molecule has 6 N–H and O–H groups in total. The Balaban J connectivity index is 2.64. The van der Waals surface area contributed by atoms with E-state index >= 15 is 0 Å². The molecule has 0 aromatic heterocycles. The first-order chi connectivity index (χ1) is 37.2. The third-order valence-electron chi connectivity index (χ3n) is 15.6. The average molecular weight is 1080 g/mol. The first kappa shape index (κ1) is 72.2. The van der Waals surface area contributed by atoms with Crippen LogP contribution in [0.1, 0.15) is 316 Å². The molecule has 1 saturated heterocycles. The summed E-state index contributed by atoms with van der Waals surface area (Å²) >= 11 is 0. The van der Waals surface area contributed by atoms with Crippen LogP contribution in [-0.2, 0) is 23.8 Å². The van der Waals surface area contributed by atoms with Crippen molar-refractivity contribution in [2.75, 3.05) is 13.2 Å². The molecule has 1 amide bonds. The summed E-state index contributed by atoms with van der Waals surface area (Å²) in [5.74, 6) is -1.18. The summed E-state index contributed by atoms with van der Waals surface area (Å²) in [6.45, 7) is 5.82. The summed E-state index contributed by atoms with van der Waals surface area (Å²) < 4.78 is 17.6. The number of hydrogen-bond donors (Lipinski definition) is 6. The quantitative estimate of drug-likeness (QED) is 0.0195. The van der Waals surface area contributed by atoms with Crippen molar-refractivity contribution in [2.24, 2.45) is 0 Å². The van der Waals surface area contributed by atoms with Gasteiger partial charge in [0.25, 0.3) is 0 Å². The largest absolute Gasteiger partial charge is 0.454 e. The van der Waals surface area contributed by atoms with Crippen LogP contribution in [0.15, 0.2) is 24.3 Å². The molecule has 1 heterocycles. The lowest BCUT2D eigenvalue weighted by Crippen LogP contribution is -2.61. The van der Waals surface area contributed by atoms with Crippen LogP contribution in [0.3, 0.4) is 0 Å². The number of rotatable bonds is 56. The van der Waals surface area contributed by atoms with Crippen LogP contribution < -0.4 is 5.32 Å². The van der Waals surface area contributed by atoms with Crippen molar-refractivity contribution < 1.29 is 49.3 Å². The molecule has 0 aromatic carbocycles. The molecule has 11 heteroatoms. The molecule has 76 heavy (non-hydrogen) atoms. The number of hydrogen-bond acceptors (Lipinski definition) is 10. The van der Waals surface area contributed by atoms with Gasteiger partial charge in [-0.3, -0.25) is 9.59 Å². The Kier molecular flexibility index (Phi) is 51.0. The zero-order chi connectivity index (χ0) is 55.4. The molecule has 0 saturated carbocycles. The van der Waals surface area contributed by atoms with Crippen LogP contribution in [0.2, 0.25) is 0 Å². The van der Waals surface area contributed by atoms with E-state index in [2.05, 4.69) is 38.2 Å². The van der Waals surface area contributed by atoms with E-state index in [0.29, 0.717) is 19.3 Å². The number of carbonyl (C=O) groups excluding carboxylic acids is 2. The van der Waals surface area contributed by atoms with Crippen LogP contribution in [0.25, 0.3) is 0 Å². The molecule has 0 bridgehead atoms. The summed E-state index contributed by atoms with van der Waals surface area (Å²) in [5.41, 5.74) is 0. The lowest BCUT2D eigenvalue weighted by atomic mass is 9.99. The van der Waals surface area contributed by atoms with Crippen molar-refractivity contribution in [3.8, 4) is 0 Å². The van der Waals surface area contributed by atoms with Crippen molar-refractivity contribution in [1.82, 2.24) is 5.32 Å². The zero-order valence-corrected chi connectivity index (χ0v) is 49.6. The highest BCUT2D eigenvalue weighted by Crippen LogP contribution is 2.26. The van der Waals surface area contributed by atoms with Crippen molar-refractivity contribution in [1.29, 1.82) is 0 Å². The maximum absolute atomic E-state index is 13.4. The molecule has 0 aliphatic carbocycles. The Morgan fingerprint density at radius 2 is 0.868 bits per heavy atom. The minimum absolute atomic E-state index is 0.130. The predicted octanol–water partition coefficient (Wildman–Crippen LogP) is 15.7. The highest BCUT2D eigenvalue weighted by atomic mass is 16.7. The average Bonchev–Trinajstić information content (AvgIpc) is 3.42. The van der Waals surface area contributed by atoms with E-state index in [0.717, 1.165) is 57.8 Å². The van der Waals surface area contributed by atoms with E-state index in [-0.39, 0.29) is 13.0 Å². The fraction of sp³-hybridized carbons (Fsp3) is 0.908. The number of allylic oxidation sites excluding steroid dienone is 3. The summed E-state index contributed by atoms with van der Waals surface area (Å²) in [5, 5.41) is 57.0. The van der Waals surface area contributed by atoms with E-state index in [1.807, 2.05) is 6.08 Å². The van der Waals surface area contributed by atoms with Gasteiger partial charge in [0.05, 0.1) is 25.4 Å². The molecule has 0 spiro atoms. The summed E-state index contributed by atoms with van der Waals surface area (Å²) in [7, 11) is 0. The summed E-state index contributed by atoms with van der Waals surface area (Å²) in [6, 6.07) is -1.02. The standard InChI is InChI=1S/C65H123NO10/c1-4-7-10-13-16-19-22-25-27-28-29-30-31-33-34-37-40-43-46-49-52-58(69)64(73)66-56(57(68)51-48-45-42-39-36-24-21-18-15-12-9-6-3)55-74-65-63(62(72)61(71)59(54-67)75-65)76-60(70)53-50-47-44-41-38-35-32-26-23-20-17-14-11-8-5-2/h25,27,48,51,56-59,61-63,65,67-69,71-72H,4-24,26,28-47,49-50,52-55H2,1-3H3,(H,66,73)/b27-25+,51-48+. The van der Waals surface area contributed by atoms with E-state index in [1.54, 1.807) is 6.08 Å². The zero-order valence-electron chi connectivity index (χ0n) is 49.6. The van der Waals surface area contributed by atoms with Crippen LogP contribution in [0.5, 0.6) is 0 Å². The van der Waals surface area contributed by atoms with Crippen LogP contribution in [0.4, 0.5) is 0 Å². The Hall–Kier alpha value is -1.86. The van der Waals surface area contributed by atoms with Crippen LogP contribution in [-0.4, -0.2) is 99.6 Å². The van der Waals surface area contributed by atoms with Crippen molar-refractivity contribution in [3.63, 3.8) is 0 Å². The molecule has 1 rings (SSSR count). The van der Waals surface area contributed by atoms with Crippen molar-refractivity contribution in [2.45, 2.75) is 365 Å². The SMILES string of the molecule is CCCCCCCC/C=C/CCCCCCCCCCCCC(O)C(=O)NC(COC1OC(CO)C(O)C(O)C1OC(=O)CCCCCCCCCCCCCCCCC)C(O)/C=C/CCCCCCCCCCCC. The van der Waals surface area contributed by atoms with E-state index in [1.165, 1.54) is 212 Å². The topological polar surface area (TPSA) is 175 Å². The Morgan fingerprint density at radius 3 is 1.28 bits per heavy atom. The van der Waals surface area contributed by atoms with Gasteiger partial charge in [-0.2, -0.15) is 0 Å². The molecule has 11 nitrogen and oxygen atoms in total. The Bertz CT molecular complexity index is 1330.